The Bertz CT molecular complexity index is 1620. The third-order valence-electron chi connectivity index (χ3n) is 6.72. The normalized spacial score (nSPS) is 10.7. The van der Waals surface area contributed by atoms with Gasteiger partial charge in [-0.15, -0.1) is 0 Å². The van der Waals surface area contributed by atoms with E-state index in [1.165, 1.54) is 0 Å². The van der Waals surface area contributed by atoms with E-state index >= 15 is 0 Å². The van der Waals surface area contributed by atoms with Crippen LogP contribution in [0.5, 0.6) is 0 Å². The summed E-state index contributed by atoms with van der Waals surface area (Å²) in [4.78, 5) is 38.6. The molecule has 0 aliphatic carbocycles. The lowest BCUT2D eigenvalue weighted by Crippen LogP contribution is -2.09. The van der Waals surface area contributed by atoms with Gasteiger partial charge >= 0.3 is 11.9 Å². The number of esters is 2. The minimum Gasteiger partial charge on any atom is -0.462 e. The van der Waals surface area contributed by atoms with E-state index < -0.39 is 0 Å². The van der Waals surface area contributed by atoms with Crippen LogP contribution >= 0.6 is 0 Å². The van der Waals surface area contributed by atoms with E-state index in [-0.39, 0.29) is 23.8 Å². The van der Waals surface area contributed by atoms with Crippen molar-refractivity contribution in [2.24, 2.45) is 0 Å². The number of hydrogen-bond donors (Lipinski definition) is 2. The van der Waals surface area contributed by atoms with Crippen LogP contribution in [0.4, 0.5) is 23.3 Å². The Labute approximate surface area is 261 Å². The number of nitrogens with zero attached hydrogens (tertiary/aromatic N) is 5. The molecule has 0 amide bonds. The highest BCUT2D eigenvalue weighted by molar-refractivity contribution is 5.90. The first-order valence-electron chi connectivity index (χ1n) is 15.0. The van der Waals surface area contributed by atoms with Crippen LogP contribution < -0.4 is 10.6 Å². The zero-order valence-corrected chi connectivity index (χ0v) is 25.3. The molecule has 0 aliphatic heterocycles. The van der Waals surface area contributed by atoms with Gasteiger partial charge in [0.15, 0.2) is 5.82 Å². The number of anilines is 4. The van der Waals surface area contributed by atoms with Gasteiger partial charge in [-0.25, -0.2) is 14.3 Å². The maximum absolute atomic E-state index is 12.3. The largest absolute Gasteiger partial charge is 0.462 e. The Morgan fingerprint density at radius 3 is 1.67 bits per heavy atom. The summed E-state index contributed by atoms with van der Waals surface area (Å²) in [5.74, 6) is 0.204. The van der Waals surface area contributed by atoms with Crippen molar-refractivity contribution in [2.45, 2.75) is 39.5 Å². The second-order valence-electron chi connectivity index (χ2n) is 10.2. The first-order chi connectivity index (χ1) is 22.0. The van der Waals surface area contributed by atoms with E-state index in [0.29, 0.717) is 47.2 Å². The molecule has 230 valence electrons. The summed E-state index contributed by atoms with van der Waals surface area (Å²) in [5.41, 5.74) is 3.77. The zero-order valence-electron chi connectivity index (χ0n) is 25.3. The quantitative estimate of drug-likeness (QED) is 0.0995. The molecule has 0 fully saturated rings. The van der Waals surface area contributed by atoms with Crippen LogP contribution in [0.3, 0.4) is 0 Å². The molecule has 3 aromatic carbocycles. The smallest absolute Gasteiger partial charge is 0.338 e. The molecule has 0 atom stereocenters. The van der Waals surface area contributed by atoms with E-state index in [0.717, 1.165) is 31.4 Å². The van der Waals surface area contributed by atoms with Gasteiger partial charge in [-0.1, -0.05) is 44.9 Å². The number of unbranched alkanes of at least 4 members (excludes halogenated alkanes) is 2. The average molecular weight is 606 g/mol. The molecule has 0 radical (unpaired) electrons. The van der Waals surface area contributed by atoms with Crippen molar-refractivity contribution < 1.29 is 19.1 Å². The van der Waals surface area contributed by atoms with Crippen LogP contribution in [0, 0.1) is 0 Å². The molecule has 5 rings (SSSR count). The second kappa shape index (κ2) is 15.2. The highest BCUT2D eigenvalue weighted by Crippen LogP contribution is 2.24. The van der Waals surface area contributed by atoms with Gasteiger partial charge in [0.05, 0.1) is 36.2 Å². The van der Waals surface area contributed by atoms with Crippen molar-refractivity contribution in [3.8, 4) is 17.2 Å². The molecule has 0 saturated heterocycles. The van der Waals surface area contributed by atoms with Crippen LogP contribution in [0.15, 0.2) is 91.1 Å². The van der Waals surface area contributed by atoms with Crippen LogP contribution in [-0.4, -0.2) is 49.9 Å². The van der Waals surface area contributed by atoms with Crippen molar-refractivity contribution in [1.82, 2.24) is 24.7 Å². The molecule has 0 bridgehead atoms. The predicted octanol–water partition coefficient (Wildman–Crippen LogP) is 7.13. The minimum absolute atomic E-state index is 0.276. The summed E-state index contributed by atoms with van der Waals surface area (Å²) in [6, 6.07) is 25.3. The number of benzene rings is 3. The van der Waals surface area contributed by atoms with Gasteiger partial charge < -0.3 is 20.1 Å². The van der Waals surface area contributed by atoms with E-state index in [2.05, 4.69) is 20.7 Å². The molecule has 0 aliphatic rings. The molecule has 2 aromatic heterocycles. The van der Waals surface area contributed by atoms with Gasteiger partial charge in [-0.2, -0.15) is 20.1 Å². The van der Waals surface area contributed by atoms with Crippen molar-refractivity contribution in [3.05, 3.63) is 102 Å². The van der Waals surface area contributed by atoms with Crippen LogP contribution in [0.1, 0.15) is 60.2 Å². The number of nitrogens with one attached hydrogen (secondary N) is 2. The summed E-state index contributed by atoms with van der Waals surface area (Å²) < 4.78 is 12.4. The number of hydrogen-bond acceptors (Lipinski definition) is 10. The van der Waals surface area contributed by atoms with Gasteiger partial charge in [0.25, 0.3) is 0 Å². The standard InChI is InChI=1S/C34H35N7O4/c1-3-5-22-44-31(42)24-12-16-26(17-13-24)36-33-38-30(29-20-21-35-41(29)28-10-8-7-9-11-28)39-34(40-33)37-27-18-14-25(15-19-27)32(43)45-23-6-4-2/h7-21H,3-6,22-23H2,1-2H3,(H2,36,37,38,39,40). The van der Waals surface area contributed by atoms with E-state index in [1.54, 1.807) is 59.4 Å². The molecule has 11 nitrogen and oxygen atoms in total. The third kappa shape index (κ3) is 8.29. The predicted molar refractivity (Wildman–Crippen MR) is 172 cm³/mol. The third-order valence-corrected chi connectivity index (χ3v) is 6.72. The molecular formula is C34H35N7O4. The maximum Gasteiger partial charge on any atom is 0.338 e. The second-order valence-corrected chi connectivity index (χ2v) is 10.2. The van der Waals surface area contributed by atoms with Gasteiger partial charge in [-0.05, 0) is 79.6 Å². The Balaban J connectivity index is 1.41. The zero-order chi connectivity index (χ0) is 31.4. The Kier molecular flexibility index (Phi) is 10.5. The summed E-state index contributed by atoms with van der Waals surface area (Å²) in [6.07, 6.45) is 5.23. The number of carbonyl (C=O) groups excluding carboxylic acids is 2. The summed E-state index contributed by atoms with van der Waals surface area (Å²) in [7, 11) is 0. The lowest BCUT2D eigenvalue weighted by molar-refractivity contribution is 0.0490. The maximum atomic E-state index is 12.3. The number of carbonyl (C=O) groups is 2. The summed E-state index contributed by atoms with van der Waals surface area (Å²) in [6.45, 7) is 4.87. The van der Waals surface area contributed by atoms with Crippen molar-refractivity contribution in [1.29, 1.82) is 0 Å². The van der Waals surface area contributed by atoms with E-state index in [1.807, 2.05) is 50.2 Å². The van der Waals surface area contributed by atoms with Crippen molar-refractivity contribution >= 4 is 35.2 Å². The van der Waals surface area contributed by atoms with Crippen LogP contribution in [0.2, 0.25) is 0 Å². The van der Waals surface area contributed by atoms with E-state index in [4.69, 9.17) is 19.4 Å². The van der Waals surface area contributed by atoms with Gasteiger partial charge in [0, 0.05) is 11.4 Å². The van der Waals surface area contributed by atoms with E-state index in [9.17, 15) is 9.59 Å². The first kappa shape index (κ1) is 30.9. The van der Waals surface area contributed by atoms with Crippen molar-refractivity contribution in [3.63, 3.8) is 0 Å². The molecule has 2 N–H and O–H groups in total. The number of para-hydroxylation sites is 1. The highest BCUT2D eigenvalue weighted by atomic mass is 16.5. The summed E-state index contributed by atoms with van der Waals surface area (Å²) >= 11 is 0. The Hall–Kier alpha value is -5.58. The van der Waals surface area contributed by atoms with Gasteiger partial charge in [0.1, 0.15) is 5.69 Å². The molecule has 0 unspecified atom stereocenters. The SMILES string of the molecule is CCCCOC(=O)c1ccc(Nc2nc(Nc3ccc(C(=O)OCCCC)cc3)nc(-c3ccnn3-c3ccccc3)n2)cc1. The topological polar surface area (TPSA) is 133 Å². The molecular weight excluding hydrogens is 570 g/mol. The lowest BCUT2D eigenvalue weighted by atomic mass is 10.2. The average Bonchev–Trinajstić information content (AvgIpc) is 3.56. The Morgan fingerprint density at radius 2 is 1.18 bits per heavy atom. The minimum atomic E-state index is -0.363. The molecule has 45 heavy (non-hydrogen) atoms. The molecule has 0 spiro atoms. The molecule has 11 heteroatoms. The lowest BCUT2D eigenvalue weighted by Gasteiger charge is -2.12. The fourth-order valence-corrected chi connectivity index (χ4v) is 4.27. The highest BCUT2D eigenvalue weighted by Gasteiger charge is 2.16. The molecule has 0 saturated carbocycles. The van der Waals surface area contributed by atoms with Crippen molar-refractivity contribution in [2.75, 3.05) is 23.8 Å². The number of aromatic nitrogens is 5. The molecule has 5 aromatic rings. The van der Waals surface area contributed by atoms with Crippen LogP contribution in [0.25, 0.3) is 17.2 Å². The molecule has 2 heterocycles. The fraction of sp³-hybridized carbons (Fsp3) is 0.235. The monoisotopic (exact) mass is 605 g/mol. The van der Waals surface area contributed by atoms with Gasteiger partial charge in [0.2, 0.25) is 11.9 Å². The van der Waals surface area contributed by atoms with Gasteiger partial charge in [-0.3, -0.25) is 0 Å². The fourth-order valence-electron chi connectivity index (χ4n) is 4.27. The Morgan fingerprint density at radius 1 is 0.667 bits per heavy atom. The number of rotatable bonds is 14. The number of ether oxygens (including phenoxy) is 2. The van der Waals surface area contributed by atoms with Crippen LogP contribution in [-0.2, 0) is 9.47 Å². The first-order valence-corrected chi connectivity index (χ1v) is 15.0. The summed E-state index contributed by atoms with van der Waals surface area (Å²) in [5, 5.41) is 10.9.